The van der Waals surface area contributed by atoms with E-state index in [0.29, 0.717) is 13.1 Å². The molecule has 0 saturated carbocycles. The maximum atomic E-state index is 12.7. The highest BCUT2D eigenvalue weighted by atomic mass is 16.2. The Labute approximate surface area is 164 Å². The summed E-state index contributed by atoms with van der Waals surface area (Å²) < 4.78 is 0. The van der Waals surface area contributed by atoms with Crippen molar-refractivity contribution >= 4 is 28.4 Å². The number of amides is 2. The van der Waals surface area contributed by atoms with Crippen LogP contribution in [0.3, 0.4) is 0 Å². The van der Waals surface area contributed by atoms with Crippen LogP contribution in [0.15, 0.2) is 54.7 Å². The van der Waals surface area contributed by atoms with E-state index in [1.165, 1.54) is 10.9 Å². The molecule has 1 aliphatic heterocycles. The fourth-order valence-corrected chi connectivity index (χ4v) is 3.94. The second-order valence-electron chi connectivity index (χ2n) is 7.35. The zero-order valence-electron chi connectivity index (χ0n) is 16.1. The Hall–Kier alpha value is -3.08. The van der Waals surface area contributed by atoms with E-state index in [1.807, 2.05) is 53.6 Å². The van der Waals surface area contributed by atoms with E-state index in [1.54, 1.807) is 0 Å². The van der Waals surface area contributed by atoms with Gasteiger partial charge in [0.2, 0.25) is 11.8 Å². The first kappa shape index (κ1) is 18.3. The average Bonchev–Trinajstić information content (AvgIpc) is 3.30. The van der Waals surface area contributed by atoms with E-state index in [9.17, 15) is 9.59 Å². The molecule has 1 fully saturated rings. The molecule has 0 aliphatic carbocycles. The van der Waals surface area contributed by atoms with Gasteiger partial charge in [0.1, 0.15) is 0 Å². The van der Waals surface area contributed by atoms with Gasteiger partial charge in [-0.1, -0.05) is 43.3 Å². The number of para-hydroxylation sites is 2. The van der Waals surface area contributed by atoms with Crippen molar-refractivity contribution in [2.45, 2.75) is 26.2 Å². The monoisotopic (exact) mass is 375 g/mol. The van der Waals surface area contributed by atoms with Crippen molar-refractivity contribution in [1.29, 1.82) is 0 Å². The fourth-order valence-electron chi connectivity index (χ4n) is 3.94. The van der Waals surface area contributed by atoms with E-state index in [0.717, 1.165) is 29.6 Å². The van der Waals surface area contributed by atoms with Gasteiger partial charge < -0.3 is 15.2 Å². The first-order valence-corrected chi connectivity index (χ1v) is 9.87. The van der Waals surface area contributed by atoms with E-state index < -0.39 is 0 Å². The summed E-state index contributed by atoms with van der Waals surface area (Å²) >= 11 is 0. The molecule has 3 aromatic rings. The molecule has 0 bridgehead atoms. The highest BCUT2D eigenvalue weighted by Crippen LogP contribution is 2.23. The minimum atomic E-state index is -0.291. The largest absolute Gasteiger partial charge is 0.361 e. The molecule has 1 unspecified atom stereocenters. The Morgan fingerprint density at radius 3 is 2.79 bits per heavy atom. The molecular weight excluding hydrogens is 350 g/mol. The lowest BCUT2D eigenvalue weighted by Gasteiger charge is -2.17. The van der Waals surface area contributed by atoms with Gasteiger partial charge in [0.05, 0.1) is 5.92 Å². The van der Waals surface area contributed by atoms with Crippen LogP contribution in [-0.4, -0.2) is 34.8 Å². The van der Waals surface area contributed by atoms with Gasteiger partial charge >= 0.3 is 0 Å². The first-order valence-electron chi connectivity index (χ1n) is 9.87. The number of carbonyl (C=O) groups is 2. The number of aromatic amines is 1. The highest BCUT2D eigenvalue weighted by Gasteiger charge is 2.34. The molecule has 0 spiro atoms. The summed E-state index contributed by atoms with van der Waals surface area (Å²) in [6.07, 6.45) is 3.94. The van der Waals surface area contributed by atoms with Crippen molar-refractivity contribution in [3.63, 3.8) is 0 Å². The van der Waals surface area contributed by atoms with Crippen LogP contribution in [-0.2, 0) is 22.4 Å². The van der Waals surface area contributed by atoms with Crippen molar-refractivity contribution in [2.24, 2.45) is 5.92 Å². The molecule has 4 rings (SSSR count). The third kappa shape index (κ3) is 3.65. The molecule has 1 aliphatic rings. The number of benzene rings is 2. The maximum absolute atomic E-state index is 12.7. The predicted molar refractivity (Wildman–Crippen MR) is 111 cm³/mol. The standard InChI is InChI=1S/C23H25N3O2/c1-2-16-7-3-5-9-20(16)25-23(28)18-13-22(27)26(15-18)12-11-17-14-24-21-10-6-4-8-19(17)21/h3-10,14,18,24H,2,11-13,15H2,1H3,(H,25,28). The molecule has 2 aromatic carbocycles. The Morgan fingerprint density at radius 2 is 1.93 bits per heavy atom. The van der Waals surface area contributed by atoms with Crippen LogP contribution in [0.2, 0.25) is 0 Å². The lowest BCUT2D eigenvalue weighted by molar-refractivity contribution is -0.128. The quantitative estimate of drug-likeness (QED) is 0.689. The van der Waals surface area contributed by atoms with Crippen molar-refractivity contribution in [3.8, 4) is 0 Å². The summed E-state index contributed by atoms with van der Waals surface area (Å²) in [5.74, 6) is -0.298. The molecule has 1 aromatic heterocycles. The van der Waals surface area contributed by atoms with Gasteiger partial charge in [-0.25, -0.2) is 0 Å². The number of rotatable bonds is 6. The van der Waals surface area contributed by atoms with Crippen molar-refractivity contribution in [1.82, 2.24) is 9.88 Å². The third-order valence-corrected chi connectivity index (χ3v) is 5.57. The van der Waals surface area contributed by atoms with E-state index in [2.05, 4.69) is 23.3 Å². The number of fused-ring (bicyclic) bond motifs is 1. The molecule has 28 heavy (non-hydrogen) atoms. The van der Waals surface area contributed by atoms with Gasteiger partial charge in [-0.2, -0.15) is 0 Å². The Bertz CT molecular complexity index is 1010. The van der Waals surface area contributed by atoms with Gasteiger partial charge in [0, 0.05) is 42.3 Å². The average molecular weight is 375 g/mol. The van der Waals surface area contributed by atoms with Crippen LogP contribution in [0, 0.1) is 5.92 Å². The molecular formula is C23H25N3O2. The number of carbonyl (C=O) groups excluding carboxylic acids is 2. The van der Waals surface area contributed by atoms with E-state index in [4.69, 9.17) is 0 Å². The molecule has 2 heterocycles. The Balaban J connectivity index is 1.37. The van der Waals surface area contributed by atoms with Crippen LogP contribution in [0.25, 0.3) is 10.9 Å². The van der Waals surface area contributed by atoms with Gasteiger partial charge in [-0.05, 0) is 36.1 Å². The first-order chi connectivity index (χ1) is 13.7. The Kier molecular flexibility index (Phi) is 5.15. The van der Waals surface area contributed by atoms with E-state index >= 15 is 0 Å². The smallest absolute Gasteiger partial charge is 0.229 e. The number of hydrogen-bond donors (Lipinski definition) is 2. The number of nitrogens with zero attached hydrogens (tertiary/aromatic N) is 1. The lowest BCUT2D eigenvalue weighted by Crippen LogP contribution is -2.30. The highest BCUT2D eigenvalue weighted by molar-refractivity contribution is 5.97. The second-order valence-corrected chi connectivity index (χ2v) is 7.35. The van der Waals surface area contributed by atoms with Gasteiger partial charge in [0.25, 0.3) is 0 Å². The van der Waals surface area contributed by atoms with Crippen molar-refractivity contribution < 1.29 is 9.59 Å². The van der Waals surface area contributed by atoms with Crippen molar-refractivity contribution in [3.05, 3.63) is 65.9 Å². The number of aryl methyl sites for hydroxylation is 1. The summed E-state index contributed by atoms with van der Waals surface area (Å²) in [6, 6.07) is 16.0. The fraction of sp³-hybridized carbons (Fsp3) is 0.304. The SMILES string of the molecule is CCc1ccccc1NC(=O)C1CC(=O)N(CCc2c[nH]c3ccccc23)C1. The zero-order valence-corrected chi connectivity index (χ0v) is 16.1. The zero-order chi connectivity index (χ0) is 19.5. The minimum absolute atomic E-state index is 0.0590. The molecule has 144 valence electrons. The molecule has 5 heteroatoms. The normalized spacial score (nSPS) is 16.7. The number of H-pyrrole nitrogens is 1. The van der Waals surface area contributed by atoms with Gasteiger partial charge in [0.15, 0.2) is 0 Å². The number of hydrogen-bond acceptors (Lipinski definition) is 2. The second kappa shape index (κ2) is 7.89. The minimum Gasteiger partial charge on any atom is -0.361 e. The molecule has 2 amide bonds. The van der Waals surface area contributed by atoms with E-state index in [-0.39, 0.29) is 24.2 Å². The molecule has 1 saturated heterocycles. The summed E-state index contributed by atoms with van der Waals surface area (Å²) in [6.45, 7) is 3.19. The third-order valence-electron chi connectivity index (χ3n) is 5.57. The summed E-state index contributed by atoms with van der Waals surface area (Å²) in [5.41, 5.74) is 4.27. The predicted octanol–water partition coefficient (Wildman–Crippen LogP) is 3.76. The summed E-state index contributed by atoms with van der Waals surface area (Å²) in [5, 5.41) is 4.21. The number of likely N-dealkylation sites (tertiary alicyclic amines) is 1. The van der Waals surface area contributed by atoms with Crippen LogP contribution in [0.1, 0.15) is 24.5 Å². The van der Waals surface area contributed by atoms with Crippen LogP contribution in [0.4, 0.5) is 5.69 Å². The number of anilines is 1. The van der Waals surface area contributed by atoms with Crippen LogP contribution in [0.5, 0.6) is 0 Å². The molecule has 0 radical (unpaired) electrons. The topological polar surface area (TPSA) is 65.2 Å². The Morgan fingerprint density at radius 1 is 1.14 bits per heavy atom. The molecule has 1 atom stereocenters. The molecule has 5 nitrogen and oxygen atoms in total. The van der Waals surface area contributed by atoms with Gasteiger partial charge in [-0.15, -0.1) is 0 Å². The summed E-state index contributed by atoms with van der Waals surface area (Å²) in [7, 11) is 0. The molecule has 2 N–H and O–H groups in total. The maximum Gasteiger partial charge on any atom is 0.229 e. The summed E-state index contributed by atoms with van der Waals surface area (Å²) in [4.78, 5) is 30.2. The van der Waals surface area contributed by atoms with Crippen LogP contribution < -0.4 is 5.32 Å². The number of aromatic nitrogens is 1. The van der Waals surface area contributed by atoms with Gasteiger partial charge in [-0.3, -0.25) is 9.59 Å². The van der Waals surface area contributed by atoms with Crippen molar-refractivity contribution in [2.75, 3.05) is 18.4 Å². The van der Waals surface area contributed by atoms with Crippen LogP contribution >= 0.6 is 0 Å². The number of nitrogens with one attached hydrogen (secondary N) is 2. The lowest BCUT2D eigenvalue weighted by atomic mass is 10.1.